The van der Waals surface area contributed by atoms with Crippen molar-refractivity contribution in [1.82, 2.24) is 19.5 Å². The summed E-state index contributed by atoms with van der Waals surface area (Å²) in [6, 6.07) is 14.0. The van der Waals surface area contributed by atoms with Crippen LogP contribution >= 0.6 is 7.14 Å². The van der Waals surface area contributed by atoms with Crippen LogP contribution in [0.2, 0.25) is 0 Å². The van der Waals surface area contributed by atoms with Gasteiger partial charge in [0.1, 0.15) is 19.3 Å². The Hall–Kier alpha value is -3.24. The van der Waals surface area contributed by atoms with E-state index in [0.29, 0.717) is 17.3 Å². The predicted molar refractivity (Wildman–Crippen MR) is 144 cm³/mol. The van der Waals surface area contributed by atoms with Crippen LogP contribution < -0.4 is 10.6 Å². The molecule has 2 aromatic heterocycles. The Morgan fingerprint density at radius 2 is 1.71 bits per heavy atom. The third-order valence-corrected chi connectivity index (χ3v) is 7.30. The van der Waals surface area contributed by atoms with Gasteiger partial charge in [0.05, 0.1) is 0 Å². The second-order valence-corrected chi connectivity index (χ2v) is 12.8. The molecule has 1 N–H and O–H groups in total. The second kappa shape index (κ2) is 9.55. The summed E-state index contributed by atoms with van der Waals surface area (Å²) in [5.74, 6) is 1.87. The van der Waals surface area contributed by atoms with Gasteiger partial charge in [-0.3, -0.25) is 4.57 Å². The number of anilines is 2. The fraction of sp³-hybridized carbons (Fsp3) is 0.296. The van der Waals surface area contributed by atoms with E-state index in [-0.39, 0.29) is 0 Å². The Labute approximate surface area is 201 Å². The molecule has 0 atom stereocenters. The Bertz CT molecular complexity index is 1380. The van der Waals surface area contributed by atoms with Gasteiger partial charge in [-0.15, -0.1) is 0 Å². The number of hydrogen-bond acceptors (Lipinski definition) is 5. The third-order valence-electron chi connectivity index (χ3n) is 5.75. The lowest BCUT2D eigenvalue weighted by molar-refractivity contribution is 0.588. The summed E-state index contributed by atoms with van der Waals surface area (Å²) >= 11 is 0. The normalized spacial score (nSPS) is 12.2. The molecule has 176 valence electrons. The van der Waals surface area contributed by atoms with Crippen molar-refractivity contribution in [3.05, 3.63) is 71.3 Å². The fourth-order valence-corrected chi connectivity index (χ4v) is 4.77. The van der Waals surface area contributed by atoms with Crippen molar-refractivity contribution in [3.63, 3.8) is 0 Å². The largest absolute Gasteiger partial charge is 0.338 e. The zero-order valence-electron chi connectivity index (χ0n) is 20.7. The van der Waals surface area contributed by atoms with Gasteiger partial charge < -0.3 is 9.88 Å². The minimum Gasteiger partial charge on any atom is -0.338 e. The number of rotatable bonds is 7. The van der Waals surface area contributed by atoms with Crippen LogP contribution in [0.5, 0.6) is 0 Å². The Morgan fingerprint density at radius 1 is 1.03 bits per heavy atom. The second-order valence-electron chi connectivity index (χ2n) is 9.55. The van der Waals surface area contributed by atoms with Crippen molar-refractivity contribution in [2.24, 2.45) is 5.92 Å². The van der Waals surface area contributed by atoms with E-state index in [1.807, 2.05) is 35.0 Å². The summed E-state index contributed by atoms with van der Waals surface area (Å²) in [6.45, 7) is 12.1. The molecule has 6 nitrogen and oxygen atoms in total. The molecular formula is C27H32N5OP. The van der Waals surface area contributed by atoms with Crippen LogP contribution in [0.25, 0.3) is 23.4 Å². The molecule has 34 heavy (non-hydrogen) atoms. The zero-order valence-corrected chi connectivity index (χ0v) is 21.6. The summed E-state index contributed by atoms with van der Waals surface area (Å²) in [5.41, 5.74) is 5.99. The topological polar surface area (TPSA) is 72.7 Å². The Balaban J connectivity index is 1.74. The molecule has 4 rings (SSSR count). The van der Waals surface area contributed by atoms with Crippen molar-refractivity contribution >= 4 is 47.4 Å². The average molecular weight is 474 g/mol. The predicted octanol–water partition coefficient (Wildman–Crippen LogP) is 6.26. The molecule has 0 aliphatic rings. The van der Waals surface area contributed by atoms with Gasteiger partial charge in [-0.05, 0) is 80.1 Å². The van der Waals surface area contributed by atoms with Crippen molar-refractivity contribution in [3.8, 4) is 0 Å². The third kappa shape index (κ3) is 5.28. The number of benzene rings is 2. The molecule has 0 unspecified atom stereocenters. The molecule has 2 aromatic carbocycles. The molecule has 0 bridgehead atoms. The average Bonchev–Trinajstić information content (AvgIpc) is 3.16. The molecule has 0 saturated heterocycles. The first-order valence-electron chi connectivity index (χ1n) is 11.5. The van der Waals surface area contributed by atoms with Gasteiger partial charge in [-0.2, -0.15) is 0 Å². The van der Waals surface area contributed by atoms with Gasteiger partial charge in [0.25, 0.3) is 0 Å². The van der Waals surface area contributed by atoms with Crippen LogP contribution in [0, 0.1) is 19.8 Å². The smallest absolute Gasteiger partial charge is 0.169 e. The molecule has 0 saturated carbocycles. The highest BCUT2D eigenvalue weighted by atomic mass is 31.2. The van der Waals surface area contributed by atoms with Crippen molar-refractivity contribution in [2.75, 3.05) is 18.6 Å². The lowest BCUT2D eigenvalue weighted by Gasteiger charge is -2.12. The first-order chi connectivity index (χ1) is 16.1. The summed E-state index contributed by atoms with van der Waals surface area (Å²) in [4.78, 5) is 14.3. The van der Waals surface area contributed by atoms with Crippen molar-refractivity contribution in [2.45, 2.75) is 34.1 Å². The quantitative estimate of drug-likeness (QED) is 0.321. The molecule has 0 fully saturated rings. The molecule has 0 aliphatic heterocycles. The lowest BCUT2D eigenvalue weighted by Crippen LogP contribution is -2.06. The van der Waals surface area contributed by atoms with Crippen LogP contribution in [-0.4, -0.2) is 32.8 Å². The Kier molecular flexibility index (Phi) is 6.72. The standard InChI is InChI=1S/C27H32N5OP/c1-18(2)16-24-30-26(29-21-10-12-22(13-11-21)34(5,6)33)25-27(31-24)32(17-28-25)15-14-23-19(3)8-7-9-20(23)4/h7-15,17-18H,16H2,1-6H3,(H,29,30,31)/b15-14+. The number of fused-ring (bicyclic) bond motifs is 1. The maximum Gasteiger partial charge on any atom is 0.169 e. The van der Waals surface area contributed by atoms with Crippen molar-refractivity contribution in [1.29, 1.82) is 0 Å². The number of imidazole rings is 1. The van der Waals surface area contributed by atoms with E-state index in [0.717, 1.165) is 28.9 Å². The number of aryl methyl sites for hydroxylation is 2. The first kappa shape index (κ1) is 23.9. The molecule has 0 amide bonds. The van der Waals surface area contributed by atoms with E-state index in [2.05, 4.69) is 62.3 Å². The highest BCUT2D eigenvalue weighted by Gasteiger charge is 2.15. The van der Waals surface area contributed by atoms with Crippen LogP contribution in [-0.2, 0) is 11.0 Å². The molecule has 7 heteroatoms. The molecule has 2 heterocycles. The Morgan fingerprint density at radius 3 is 2.32 bits per heavy atom. The van der Waals surface area contributed by atoms with E-state index in [9.17, 15) is 4.57 Å². The molecule has 0 aliphatic carbocycles. The molecule has 4 aromatic rings. The van der Waals surface area contributed by atoms with E-state index < -0.39 is 7.14 Å². The molecule has 0 radical (unpaired) electrons. The SMILES string of the molecule is Cc1cccc(C)c1/C=C/n1cnc2c(Nc3ccc(P(C)(C)=O)cc3)nc(CC(C)C)nc21. The highest BCUT2D eigenvalue weighted by molar-refractivity contribution is 7.70. The number of nitrogens with one attached hydrogen (secondary N) is 1. The lowest BCUT2D eigenvalue weighted by atomic mass is 10.0. The summed E-state index contributed by atoms with van der Waals surface area (Å²) < 4.78 is 14.3. The zero-order chi connectivity index (χ0) is 24.5. The van der Waals surface area contributed by atoms with E-state index in [1.165, 1.54) is 16.7 Å². The van der Waals surface area contributed by atoms with E-state index in [4.69, 9.17) is 9.97 Å². The van der Waals surface area contributed by atoms with E-state index in [1.54, 1.807) is 19.7 Å². The van der Waals surface area contributed by atoms with Gasteiger partial charge in [0.2, 0.25) is 0 Å². The summed E-state index contributed by atoms with van der Waals surface area (Å²) in [7, 11) is -2.30. The van der Waals surface area contributed by atoms with E-state index >= 15 is 0 Å². The van der Waals surface area contributed by atoms with Gasteiger partial charge in [0.15, 0.2) is 17.0 Å². The van der Waals surface area contributed by atoms with Gasteiger partial charge in [-0.25, -0.2) is 15.0 Å². The molecular weight excluding hydrogens is 441 g/mol. The molecule has 0 spiro atoms. The number of nitrogens with zero attached hydrogens (tertiary/aromatic N) is 4. The maximum atomic E-state index is 12.4. The fourth-order valence-electron chi connectivity index (χ4n) is 3.90. The number of hydrogen-bond donors (Lipinski definition) is 1. The van der Waals surface area contributed by atoms with Crippen LogP contribution in [0.4, 0.5) is 11.5 Å². The van der Waals surface area contributed by atoms with Crippen LogP contribution in [0.15, 0.2) is 48.8 Å². The number of aromatic nitrogens is 4. The minimum atomic E-state index is -2.30. The first-order valence-corrected chi connectivity index (χ1v) is 14.1. The highest BCUT2D eigenvalue weighted by Crippen LogP contribution is 2.35. The maximum absolute atomic E-state index is 12.4. The van der Waals surface area contributed by atoms with Crippen LogP contribution in [0.3, 0.4) is 0 Å². The van der Waals surface area contributed by atoms with Gasteiger partial charge in [0, 0.05) is 23.6 Å². The van der Waals surface area contributed by atoms with Gasteiger partial charge >= 0.3 is 0 Å². The van der Waals surface area contributed by atoms with Gasteiger partial charge in [-0.1, -0.05) is 32.0 Å². The van der Waals surface area contributed by atoms with Crippen molar-refractivity contribution < 1.29 is 4.57 Å². The summed E-state index contributed by atoms with van der Waals surface area (Å²) in [6.07, 6.45) is 6.66. The van der Waals surface area contributed by atoms with Crippen LogP contribution in [0.1, 0.15) is 36.4 Å². The minimum absolute atomic E-state index is 0.425. The monoisotopic (exact) mass is 473 g/mol. The summed E-state index contributed by atoms with van der Waals surface area (Å²) in [5, 5.41) is 4.26.